The molecule has 0 aliphatic carbocycles. The lowest BCUT2D eigenvalue weighted by Crippen LogP contribution is -1.85. The zero-order valence-corrected chi connectivity index (χ0v) is 7.95. The van der Waals surface area contributed by atoms with Gasteiger partial charge in [-0.1, -0.05) is 17.7 Å². The summed E-state index contributed by atoms with van der Waals surface area (Å²) in [6.07, 6.45) is 1.88. The van der Waals surface area contributed by atoms with Gasteiger partial charge in [-0.3, -0.25) is 4.40 Å². The number of pyridine rings is 1. The van der Waals surface area contributed by atoms with Crippen molar-refractivity contribution in [2.24, 2.45) is 0 Å². The molecule has 0 aliphatic rings. The number of aromatic nitrogens is 2. The van der Waals surface area contributed by atoms with Crippen molar-refractivity contribution in [2.45, 2.75) is 6.61 Å². The average Bonchev–Trinajstić information content (AvgIpc) is 2.49. The standard InChI is InChI=1S/C9H9ClN2O/c1-13-6-7-5-12-8(10)3-2-4-9(12)11-7/h2-5H,6H2,1H3. The molecule has 0 saturated carbocycles. The topological polar surface area (TPSA) is 26.5 Å². The number of rotatable bonds is 2. The molecule has 2 aromatic rings. The van der Waals surface area contributed by atoms with Crippen LogP contribution < -0.4 is 0 Å². The Morgan fingerprint density at radius 2 is 2.38 bits per heavy atom. The molecule has 68 valence electrons. The third-order valence-electron chi connectivity index (χ3n) is 1.78. The Kier molecular flexibility index (Phi) is 2.20. The number of imidazole rings is 1. The van der Waals surface area contributed by atoms with E-state index in [-0.39, 0.29) is 0 Å². The van der Waals surface area contributed by atoms with Gasteiger partial charge >= 0.3 is 0 Å². The molecule has 0 bridgehead atoms. The highest BCUT2D eigenvalue weighted by Gasteiger charge is 2.02. The van der Waals surface area contributed by atoms with E-state index in [1.807, 2.05) is 28.8 Å². The SMILES string of the molecule is COCc1cn2c(Cl)cccc2n1. The zero-order chi connectivity index (χ0) is 9.26. The van der Waals surface area contributed by atoms with Crippen LogP contribution in [0.4, 0.5) is 0 Å². The first kappa shape index (κ1) is 8.53. The van der Waals surface area contributed by atoms with E-state index in [0.717, 1.165) is 11.3 Å². The number of fused-ring (bicyclic) bond motifs is 1. The molecule has 0 amide bonds. The summed E-state index contributed by atoms with van der Waals surface area (Å²) in [4.78, 5) is 4.32. The number of halogens is 1. The molecular formula is C9H9ClN2O. The van der Waals surface area contributed by atoms with Crippen molar-refractivity contribution in [3.63, 3.8) is 0 Å². The van der Waals surface area contributed by atoms with Gasteiger partial charge in [0.1, 0.15) is 10.8 Å². The molecule has 0 aromatic carbocycles. The van der Waals surface area contributed by atoms with E-state index < -0.39 is 0 Å². The number of hydrogen-bond acceptors (Lipinski definition) is 2. The Balaban J connectivity index is 2.55. The van der Waals surface area contributed by atoms with Gasteiger partial charge in [0.25, 0.3) is 0 Å². The summed E-state index contributed by atoms with van der Waals surface area (Å²) >= 11 is 5.95. The molecule has 0 unspecified atom stereocenters. The summed E-state index contributed by atoms with van der Waals surface area (Å²) in [5, 5.41) is 0.660. The van der Waals surface area contributed by atoms with Crippen LogP contribution in [0.3, 0.4) is 0 Å². The molecule has 13 heavy (non-hydrogen) atoms. The Bertz CT molecular complexity index is 424. The van der Waals surface area contributed by atoms with E-state index in [0.29, 0.717) is 11.8 Å². The Morgan fingerprint density at radius 1 is 1.54 bits per heavy atom. The number of ether oxygens (including phenoxy) is 1. The van der Waals surface area contributed by atoms with Gasteiger partial charge in [0, 0.05) is 13.3 Å². The van der Waals surface area contributed by atoms with Gasteiger partial charge in [0.2, 0.25) is 0 Å². The number of hydrogen-bond donors (Lipinski definition) is 0. The van der Waals surface area contributed by atoms with Gasteiger partial charge in [-0.15, -0.1) is 0 Å². The molecule has 0 spiro atoms. The minimum atomic E-state index is 0.512. The lowest BCUT2D eigenvalue weighted by Gasteiger charge is -1.93. The van der Waals surface area contributed by atoms with Gasteiger partial charge < -0.3 is 4.74 Å². The van der Waals surface area contributed by atoms with Crippen LogP contribution in [-0.2, 0) is 11.3 Å². The number of nitrogens with zero attached hydrogens (tertiary/aromatic N) is 2. The second-order valence-corrected chi connectivity index (χ2v) is 3.13. The van der Waals surface area contributed by atoms with Crippen molar-refractivity contribution in [1.82, 2.24) is 9.38 Å². The molecule has 0 fully saturated rings. The van der Waals surface area contributed by atoms with Crippen molar-refractivity contribution >= 4 is 17.2 Å². The monoisotopic (exact) mass is 196 g/mol. The summed E-state index contributed by atoms with van der Waals surface area (Å²) < 4.78 is 6.81. The Labute approximate surface area is 80.9 Å². The van der Waals surface area contributed by atoms with E-state index >= 15 is 0 Å². The highest BCUT2D eigenvalue weighted by atomic mass is 35.5. The first-order valence-corrected chi connectivity index (χ1v) is 4.30. The normalized spacial score (nSPS) is 10.9. The fourth-order valence-corrected chi connectivity index (χ4v) is 1.45. The molecule has 2 heterocycles. The minimum absolute atomic E-state index is 0.512. The van der Waals surface area contributed by atoms with E-state index in [9.17, 15) is 0 Å². The van der Waals surface area contributed by atoms with E-state index in [1.54, 1.807) is 7.11 Å². The summed E-state index contributed by atoms with van der Waals surface area (Å²) in [5.41, 5.74) is 1.73. The molecule has 4 heteroatoms. The van der Waals surface area contributed by atoms with Gasteiger partial charge in [0.05, 0.1) is 12.3 Å². The van der Waals surface area contributed by atoms with Crippen molar-refractivity contribution in [3.8, 4) is 0 Å². The van der Waals surface area contributed by atoms with Crippen LogP contribution in [0.25, 0.3) is 5.65 Å². The van der Waals surface area contributed by atoms with Crippen molar-refractivity contribution in [2.75, 3.05) is 7.11 Å². The zero-order valence-electron chi connectivity index (χ0n) is 7.20. The summed E-state index contributed by atoms with van der Waals surface area (Å²) in [7, 11) is 1.64. The van der Waals surface area contributed by atoms with Gasteiger partial charge in [-0.05, 0) is 12.1 Å². The van der Waals surface area contributed by atoms with Gasteiger partial charge in [-0.2, -0.15) is 0 Å². The molecular weight excluding hydrogens is 188 g/mol. The fraction of sp³-hybridized carbons (Fsp3) is 0.222. The molecule has 2 aromatic heterocycles. The van der Waals surface area contributed by atoms with Crippen molar-refractivity contribution < 1.29 is 4.74 Å². The molecule has 0 N–H and O–H groups in total. The predicted molar refractivity (Wildman–Crippen MR) is 50.9 cm³/mol. The van der Waals surface area contributed by atoms with Crippen LogP contribution >= 0.6 is 11.6 Å². The Hall–Kier alpha value is -1.06. The molecule has 0 radical (unpaired) electrons. The van der Waals surface area contributed by atoms with Gasteiger partial charge in [0.15, 0.2) is 0 Å². The second kappa shape index (κ2) is 3.36. The largest absolute Gasteiger partial charge is 0.378 e. The summed E-state index contributed by atoms with van der Waals surface area (Å²) in [5.74, 6) is 0. The lowest BCUT2D eigenvalue weighted by atomic mass is 10.5. The Morgan fingerprint density at radius 3 is 3.08 bits per heavy atom. The van der Waals surface area contributed by atoms with Crippen LogP contribution in [0.5, 0.6) is 0 Å². The second-order valence-electron chi connectivity index (χ2n) is 2.74. The minimum Gasteiger partial charge on any atom is -0.378 e. The first-order valence-electron chi connectivity index (χ1n) is 3.92. The van der Waals surface area contributed by atoms with Crippen LogP contribution in [0.2, 0.25) is 5.15 Å². The maximum atomic E-state index is 5.95. The molecule has 3 nitrogen and oxygen atoms in total. The maximum Gasteiger partial charge on any atom is 0.138 e. The van der Waals surface area contributed by atoms with Gasteiger partial charge in [-0.25, -0.2) is 4.98 Å². The van der Waals surface area contributed by atoms with Crippen molar-refractivity contribution in [1.29, 1.82) is 0 Å². The predicted octanol–water partition coefficient (Wildman–Crippen LogP) is 2.13. The summed E-state index contributed by atoms with van der Waals surface area (Å²) in [6, 6.07) is 5.61. The lowest BCUT2D eigenvalue weighted by molar-refractivity contribution is 0.182. The highest BCUT2D eigenvalue weighted by Crippen LogP contribution is 2.13. The fourth-order valence-electron chi connectivity index (χ4n) is 1.25. The van der Waals surface area contributed by atoms with E-state index in [4.69, 9.17) is 16.3 Å². The average molecular weight is 197 g/mol. The molecule has 0 atom stereocenters. The summed E-state index contributed by atoms with van der Waals surface area (Å²) in [6.45, 7) is 0.512. The van der Waals surface area contributed by atoms with Crippen LogP contribution in [0, 0.1) is 0 Å². The quantitative estimate of drug-likeness (QED) is 0.688. The molecule has 0 aliphatic heterocycles. The van der Waals surface area contributed by atoms with Crippen LogP contribution in [0.15, 0.2) is 24.4 Å². The highest BCUT2D eigenvalue weighted by molar-refractivity contribution is 6.29. The third-order valence-corrected chi connectivity index (χ3v) is 2.09. The van der Waals surface area contributed by atoms with E-state index in [2.05, 4.69) is 4.98 Å². The van der Waals surface area contributed by atoms with Crippen LogP contribution in [-0.4, -0.2) is 16.5 Å². The molecule has 2 rings (SSSR count). The smallest absolute Gasteiger partial charge is 0.138 e. The van der Waals surface area contributed by atoms with Crippen LogP contribution in [0.1, 0.15) is 5.69 Å². The maximum absolute atomic E-state index is 5.95. The number of methoxy groups -OCH3 is 1. The first-order chi connectivity index (χ1) is 6.31. The third kappa shape index (κ3) is 1.53. The van der Waals surface area contributed by atoms with E-state index in [1.165, 1.54) is 0 Å². The van der Waals surface area contributed by atoms with Crippen molar-refractivity contribution in [3.05, 3.63) is 35.2 Å². The molecule has 0 saturated heterocycles.